The number of ether oxygens (including phenoxy) is 1. The number of amides is 2. The van der Waals surface area contributed by atoms with E-state index in [1.54, 1.807) is 17.0 Å². The summed E-state index contributed by atoms with van der Waals surface area (Å²) in [6.07, 6.45) is -0.200. The van der Waals surface area contributed by atoms with E-state index in [-0.39, 0.29) is 24.2 Å². The van der Waals surface area contributed by atoms with Crippen molar-refractivity contribution in [2.45, 2.75) is 19.6 Å². The fraction of sp³-hybridized carbons (Fsp3) is 0.179. The van der Waals surface area contributed by atoms with Gasteiger partial charge in [-0.25, -0.2) is 9.37 Å². The summed E-state index contributed by atoms with van der Waals surface area (Å²) in [6.45, 7) is 1.77. The largest absolute Gasteiger partial charge is 0.436 e. The highest BCUT2D eigenvalue weighted by Gasteiger charge is 2.38. The Morgan fingerprint density at radius 3 is 2.41 bits per heavy atom. The number of nitrogens with one attached hydrogen (secondary N) is 1. The summed E-state index contributed by atoms with van der Waals surface area (Å²) in [7, 11) is 0. The van der Waals surface area contributed by atoms with E-state index in [9.17, 15) is 14.0 Å². The number of nitrogens with zero attached hydrogens (tertiary/aromatic N) is 2. The second-order valence-electron chi connectivity index (χ2n) is 8.62. The minimum atomic E-state index is -0.775. The van der Waals surface area contributed by atoms with E-state index in [1.807, 2.05) is 48.5 Å². The first-order valence-electron chi connectivity index (χ1n) is 11.7. The third-order valence-corrected chi connectivity index (χ3v) is 6.50. The zero-order chi connectivity index (χ0) is 25.9. The number of hydrogen-bond acceptors (Lipinski definition) is 5. The lowest BCUT2D eigenvalue weighted by Gasteiger charge is -2.22. The first kappa shape index (κ1) is 24.9. The maximum absolute atomic E-state index is 13.6. The van der Waals surface area contributed by atoms with Crippen molar-refractivity contribution in [2.24, 2.45) is 0 Å². The predicted octanol–water partition coefficient (Wildman–Crippen LogP) is 5.97. The number of oxazole rings is 1. The van der Waals surface area contributed by atoms with Gasteiger partial charge >= 0.3 is 0 Å². The average molecular weight is 564 g/mol. The van der Waals surface area contributed by atoms with E-state index in [1.165, 1.54) is 19.1 Å². The van der Waals surface area contributed by atoms with Crippen LogP contribution in [0.5, 0.6) is 0 Å². The molecule has 7 nitrogen and oxygen atoms in total. The second-order valence-corrected chi connectivity index (χ2v) is 9.54. The molecule has 0 aliphatic carbocycles. The molecule has 188 valence electrons. The average Bonchev–Trinajstić information content (AvgIpc) is 3.48. The molecule has 0 unspecified atom stereocenters. The Labute approximate surface area is 221 Å². The lowest BCUT2D eigenvalue weighted by atomic mass is 10.1. The lowest BCUT2D eigenvalue weighted by Crippen LogP contribution is -2.30. The molecule has 0 radical (unpaired) electrons. The van der Waals surface area contributed by atoms with Gasteiger partial charge in [-0.05, 0) is 72.6 Å². The van der Waals surface area contributed by atoms with Crippen LogP contribution in [0, 0.1) is 5.82 Å². The maximum atomic E-state index is 13.6. The van der Waals surface area contributed by atoms with Crippen LogP contribution in [0.15, 0.2) is 81.7 Å². The zero-order valence-electron chi connectivity index (χ0n) is 19.9. The fourth-order valence-electron chi connectivity index (χ4n) is 4.15. The minimum absolute atomic E-state index is 0.0800. The first-order chi connectivity index (χ1) is 17.9. The summed E-state index contributed by atoms with van der Waals surface area (Å²) < 4.78 is 26.6. The second kappa shape index (κ2) is 10.7. The monoisotopic (exact) mass is 563 g/mol. The molecular formula is C28H23BrFN3O4. The van der Waals surface area contributed by atoms with Crippen molar-refractivity contribution in [1.29, 1.82) is 0 Å². The van der Waals surface area contributed by atoms with Crippen LogP contribution in [0.2, 0.25) is 0 Å². The van der Waals surface area contributed by atoms with Gasteiger partial charge in [-0.2, -0.15) is 0 Å². The minimum Gasteiger partial charge on any atom is -0.436 e. The van der Waals surface area contributed by atoms with E-state index in [4.69, 9.17) is 14.1 Å². The van der Waals surface area contributed by atoms with Gasteiger partial charge in [0.15, 0.2) is 12.0 Å². The van der Waals surface area contributed by atoms with Gasteiger partial charge in [0.1, 0.15) is 18.1 Å². The molecule has 1 aliphatic heterocycles. The Kier molecular flexibility index (Phi) is 7.16. The Hall–Kier alpha value is -3.82. The summed E-state index contributed by atoms with van der Waals surface area (Å²) in [6, 6.07) is 20.9. The van der Waals surface area contributed by atoms with E-state index in [2.05, 4.69) is 21.2 Å². The number of aromatic nitrogens is 1. The molecule has 1 fully saturated rings. The highest BCUT2D eigenvalue weighted by molar-refractivity contribution is 9.10. The Balaban J connectivity index is 1.44. The Morgan fingerprint density at radius 1 is 1.05 bits per heavy atom. The molecule has 5 rings (SSSR count). The van der Waals surface area contributed by atoms with Crippen LogP contribution in [-0.2, 0) is 20.7 Å². The molecule has 2 heterocycles. The normalized spacial score (nSPS) is 15.3. The molecule has 0 bridgehead atoms. The number of anilines is 1. The molecule has 3 aromatic carbocycles. The topological polar surface area (TPSA) is 84.7 Å². The van der Waals surface area contributed by atoms with Crippen LogP contribution in [-0.4, -0.2) is 34.8 Å². The van der Waals surface area contributed by atoms with Crippen LogP contribution in [0.3, 0.4) is 0 Å². The van der Waals surface area contributed by atoms with Gasteiger partial charge in [0.25, 0.3) is 5.91 Å². The maximum Gasteiger partial charge on any atom is 0.251 e. The van der Waals surface area contributed by atoms with Gasteiger partial charge in [-0.15, -0.1) is 0 Å². The van der Waals surface area contributed by atoms with E-state index in [0.29, 0.717) is 41.6 Å². The first-order valence-corrected chi connectivity index (χ1v) is 12.5. The standard InChI is InChI=1S/C28H23BrFN3O4/c1-17(34)31-23-12-2-18(3-13-23)14-15-33-24(35)16-36-28(33)26-25(19-6-10-22(30)11-7-19)32-27(37-26)20-4-8-21(29)9-5-20/h2-13,28H,14-16H2,1H3,(H,31,34)/t28-/m1/s1. The van der Waals surface area contributed by atoms with Crippen molar-refractivity contribution in [3.63, 3.8) is 0 Å². The zero-order valence-corrected chi connectivity index (χ0v) is 21.5. The number of halogens is 2. The number of hydrogen-bond donors (Lipinski definition) is 1. The third-order valence-electron chi connectivity index (χ3n) is 5.97. The quantitative estimate of drug-likeness (QED) is 0.299. The number of carbonyl (C=O) groups is 2. The molecule has 0 spiro atoms. The summed E-state index contributed by atoms with van der Waals surface area (Å²) >= 11 is 3.43. The smallest absolute Gasteiger partial charge is 0.251 e. The number of benzene rings is 3. The lowest BCUT2D eigenvalue weighted by molar-refractivity contribution is -0.128. The van der Waals surface area contributed by atoms with E-state index >= 15 is 0 Å². The molecule has 1 N–H and O–H groups in total. The van der Waals surface area contributed by atoms with Gasteiger partial charge in [-0.1, -0.05) is 28.1 Å². The number of rotatable bonds is 7. The van der Waals surface area contributed by atoms with E-state index in [0.717, 1.165) is 15.6 Å². The summed E-state index contributed by atoms with van der Waals surface area (Å²) in [5.74, 6) is 0.100. The summed E-state index contributed by atoms with van der Waals surface area (Å²) in [5, 5.41) is 2.74. The molecule has 1 aromatic heterocycles. The molecule has 1 atom stereocenters. The third kappa shape index (κ3) is 5.63. The van der Waals surface area contributed by atoms with Crippen molar-refractivity contribution < 1.29 is 23.1 Å². The molecule has 9 heteroatoms. The van der Waals surface area contributed by atoms with Crippen LogP contribution < -0.4 is 5.32 Å². The van der Waals surface area contributed by atoms with Gasteiger partial charge in [0.05, 0.1) is 0 Å². The van der Waals surface area contributed by atoms with Gasteiger partial charge in [0, 0.05) is 34.8 Å². The molecule has 0 saturated carbocycles. The Bertz CT molecular complexity index is 1420. The van der Waals surface area contributed by atoms with Gasteiger partial charge < -0.3 is 19.4 Å². The molecular weight excluding hydrogens is 541 g/mol. The number of carbonyl (C=O) groups excluding carboxylic acids is 2. The fourth-order valence-corrected chi connectivity index (χ4v) is 4.41. The molecule has 37 heavy (non-hydrogen) atoms. The summed E-state index contributed by atoms with van der Waals surface area (Å²) in [4.78, 5) is 30.4. The van der Waals surface area contributed by atoms with Crippen molar-refractivity contribution in [3.05, 3.63) is 94.4 Å². The SMILES string of the molecule is CC(=O)Nc1ccc(CCN2C(=O)CO[C@@H]2c2oc(-c3ccc(Br)cc3)nc2-c2ccc(F)cc2)cc1. The Morgan fingerprint density at radius 2 is 1.73 bits per heavy atom. The summed E-state index contributed by atoms with van der Waals surface area (Å²) in [5.41, 5.74) is 3.61. The highest BCUT2D eigenvalue weighted by atomic mass is 79.9. The molecule has 4 aromatic rings. The molecule has 1 aliphatic rings. The van der Waals surface area contributed by atoms with Gasteiger partial charge in [-0.3, -0.25) is 9.59 Å². The van der Waals surface area contributed by atoms with Crippen molar-refractivity contribution in [3.8, 4) is 22.7 Å². The van der Waals surface area contributed by atoms with Gasteiger partial charge in [0.2, 0.25) is 11.8 Å². The van der Waals surface area contributed by atoms with E-state index < -0.39 is 6.23 Å². The van der Waals surface area contributed by atoms with Crippen LogP contribution in [0.4, 0.5) is 10.1 Å². The molecule has 2 amide bonds. The predicted molar refractivity (Wildman–Crippen MR) is 140 cm³/mol. The highest BCUT2D eigenvalue weighted by Crippen LogP contribution is 2.38. The van der Waals surface area contributed by atoms with Crippen molar-refractivity contribution >= 4 is 33.4 Å². The van der Waals surface area contributed by atoms with Crippen LogP contribution in [0.25, 0.3) is 22.7 Å². The van der Waals surface area contributed by atoms with Crippen molar-refractivity contribution in [1.82, 2.24) is 9.88 Å². The van der Waals surface area contributed by atoms with Crippen LogP contribution >= 0.6 is 15.9 Å². The molecule has 1 saturated heterocycles. The van der Waals surface area contributed by atoms with Crippen LogP contribution in [0.1, 0.15) is 24.5 Å². The van der Waals surface area contributed by atoms with Crippen molar-refractivity contribution in [2.75, 3.05) is 18.5 Å².